The number of aromatic amines is 1. The Hall–Kier alpha value is -4.92. The van der Waals surface area contributed by atoms with Crippen molar-refractivity contribution >= 4 is 23.1 Å². The number of H-pyrrole nitrogens is 1. The van der Waals surface area contributed by atoms with Gasteiger partial charge in [-0.3, -0.25) is 10.1 Å². The highest BCUT2D eigenvalue weighted by atomic mass is 16.6. The summed E-state index contributed by atoms with van der Waals surface area (Å²) in [6.45, 7) is 0. The smallest absolute Gasteiger partial charge is 0.319 e. The SMILES string of the molecule is O=C(Nc1ccc([N+](=O)[O-])cc1)NC(C/C=C/Nc1ccccc1)c1ncc(-c2ccccc2)[nH]1. The molecule has 0 aliphatic heterocycles. The zero-order valence-corrected chi connectivity index (χ0v) is 18.7. The average Bonchev–Trinajstić information content (AvgIpc) is 3.38. The van der Waals surface area contributed by atoms with E-state index in [2.05, 4.69) is 25.9 Å². The van der Waals surface area contributed by atoms with Crippen LogP contribution in [0.3, 0.4) is 0 Å². The van der Waals surface area contributed by atoms with Crippen molar-refractivity contribution in [2.45, 2.75) is 12.5 Å². The summed E-state index contributed by atoms with van der Waals surface area (Å²) in [5.74, 6) is 0.604. The van der Waals surface area contributed by atoms with Gasteiger partial charge in [0.1, 0.15) is 5.82 Å². The molecule has 1 unspecified atom stereocenters. The molecule has 0 radical (unpaired) electrons. The molecule has 4 N–H and O–H groups in total. The first-order valence-electron chi connectivity index (χ1n) is 11.0. The van der Waals surface area contributed by atoms with E-state index in [1.54, 1.807) is 6.20 Å². The topological polar surface area (TPSA) is 125 Å². The monoisotopic (exact) mass is 468 g/mol. The Kier molecular flexibility index (Phi) is 7.49. The van der Waals surface area contributed by atoms with Gasteiger partial charge in [-0.2, -0.15) is 0 Å². The number of hydrogen-bond donors (Lipinski definition) is 4. The van der Waals surface area contributed by atoms with E-state index in [0.29, 0.717) is 17.9 Å². The number of urea groups is 1. The number of nitro groups is 1. The van der Waals surface area contributed by atoms with Crippen molar-refractivity contribution in [1.29, 1.82) is 0 Å². The van der Waals surface area contributed by atoms with Gasteiger partial charge in [0.15, 0.2) is 0 Å². The molecular weight excluding hydrogens is 444 g/mol. The number of carbonyl (C=O) groups is 1. The number of carbonyl (C=O) groups excluding carboxylic acids is 1. The molecule has 0 spiro atoms. The van der Waals surface area contributed by atoms with Crippen LogP contribution < -0.4 is 16.0 Å². The van der Waals surface area contributed by atoms with E-state index < -0.39 is 17.0 Å². The molecule has 0 aliphatic carbocycles. The van der Waals surface area contributed by atoms with Crippen LogP contribution >= 0.6 is 0 Å². The maximum atomic E-state index is 12.7. The summed E-state index contributed by atoms with van der Waals surface area (Å²) >= 11 is 0. The van der Waals surface area contributed by atoms with E-state index in [9.17, 15) is 14.9 Å². The van der Waals surface area contributed by atoms with E-state index >= 15 is 0 Å². The fourth-order valence-corrected chi connectivity index (χ4v) is 3.40. The first-order valence-corrected chi connectivity index (χ1v) is 11.0. The summed E-state index contributed by atoms with van der Waals surface area (Å²) in [5.41, 5.74) is 3.18. The van der Waals surface area contributed by atoms with Crippen LogP contribution in [0.1, 0.15) is 18.3 Å². The molecule has 0 fully saturated rings. The van der Waals surface area contributed by atoms with Gasteiger partial charge in [-0.1, -0.05) is 54.6 Å². The number of hydrogen-bond acceptors (Lipinski definition) is 5. The molecule has 9 nitrogen and oxygen atoms in total. The summed E-state index contributed by atoms with van der Waals surface area (Å²) in [5, 5.41) is 19.7. The minimum Gasteiger partial charge on any atom is -0.362 e. The van der Waals surface area contributed by atoms with Crippen molar-refractivity contribution in [3.05, 3.63) is 119 Å². The molecule has 35 heavy (non-hydrogen) atoms. The highest BCUT2D eigenvalue weighted by Gasteiger charge is 2.18. The molecule has 176 valence electrons. The van der Waals surface area contributed by atoms with E-state index in [0.717, 1.165) is 16.9 Å². The van der Waals surface area contributed by atoms with Gasteiger partial charge >= 0.3 is 6.03 Å². The van der Waals surface area contributed by atoms with Crippen LogP contribution in [-0.4, -0.2) is 20.9 Å². The Morgan fingerprint density at radius 1 is 0.971 bits per heavy atom. The molecular formula is C26H24N6O3. The minimum absolute atomic E-state index is 0.0473. The predicted octanol–water partition coefficient (Wildman–Crippen LogP) is 5.86. The Bertz CT molecular complexity index is 1290. The van der Waals surface area contributed by atoms with Crippen molar-refractivity contribution in [3.63, 3.8) is 0 Å². The summed E-state index contributed by atoms with van der Waals surface area (Å²) in [6, 6.07) is 24.3. The normalized spacial score (nSPS) is 11.7. The molecule has 4 rings (SSSR count). The summed E-state index contributed by atoms with van der Waals surface area (Å²) in [6.07, 6.45) is 5.93. The third-order valence-corrected chi connectivity index (χ3v) is 5.17. The van der Waals surface area contributed by atoms with Gasteiger partial charge in [0.05, 0.1) is 22.9 Å². The van der Waals surface area contributed by atoms with Crippen LogP contribution in [0.5, 0.6) is 0 Å². The molecule has 4 aromatic rings. The second-order valence-corrected chi connectivity index (χ2v) is 7.65. The lowest BCUT2D eigenvalue weighted by Gasteiger charge is -2.16. The van der Waals surface area contributed by atoms with Gasteiger partial charge in [0.25, 0.3) is 5.69 Å². The number of anilines is 2. The second-order valence-electron chi connectivity index (χ2n) is 7.65. The number of rotatable bonds is 9. The Balaban J connectivity index is 1.46. The van der Waals surface area contributed by atoms with Crippen molar-refractivity contribution < 1.29 is 9.72 Å². The number of nitrogens with one attached hydrogen (secondary N) is 4. The predicted molar refractivity (Wildman–Crippen MR) is 136 cm³/mol. The molecule has 1 aromatic heterocycles. The summed E-state index contributed by atoms with van der Waals surface area (Å²) < 4.78 is 0. The highest BCUT2D eigenvalue weighted by molar-refractivity contribution is 5.89. The average molecular weight is 469 g/mol. The van der Waals surface area contributed by atoms with Gasteiger partial charge in [0, 0.05) is 23.5 Å². The first-order chi connectivity index (χ1) is 17.1. The van der Waals surface area contributed by atoms with E-state index in [4.69, 9.17) is 0 Å². The van der Waals surface area contributed by atoms with Crippen molar-refractivity contribution in [3.8, 4) is 11.3 Å². The zero-order chi connectivity index (χ0) is 24.5. The van der Waals surface area contributed by atoms with Crippen molar-refractivity contribution in [1.82, 2.24) is 15.3 Å². The molecule has 1 heterocycles. The van der Waals surface area contributed by atoms with Gasteiger partial charge in [0.2, 0.25) is 0 Å². The molecule has 3 aromatic carbocycles. The first kappa shape index (κ1) is 23.2. The van der Waals surface area contributed by atoms with Crippen LogP contribution in [0.2, 0.25) is 0 Å². The number of amides is 2. The third kappa shape index (κ3) is 6.55. The van der Waals surface area contributed by atoms with Crippen LogP contribution in [0.15, 0.2) is 103 Å². The van der Waals surface area contributed by atoms with Gasteiger partial charge in [-0.15, -0.1) is 0 Å². The lowest BCUT2D eigenvalue weighted by molar-refractivity contribution is -0.384. The fourth-order valence-electron chi connectivity index (χ4n) is 3.40. The largest absolute Gasteiger partial charge is 0.362 e. The Morgan fingerprint density at radius 3 is 2.34 bits per heavy atom. The molecule has 9 heteroatoms. The Morgan fingerprint density at radius 2 is 1.66 bits per heavy atom. The van der Waals surface area contributed by atoms with E-state index in [-0.39, 0.29) is 5.69 Å². The van der Waals surface area contributed by atoms with Gasteiger partial charge in [-0.05, 0) is 42.4 Å². The fraction of sp³-hybridized carbons (Fsp3) is 0.0769. The Labute approximate surface area is 202 Å². The lowest BCUT2D eigenvalue weighted by atomic mass is 10.1. The quantitative estimate of drug-likeness (QED) is 0.181. The summed E-state index contributed by atoms with van der Waals surface area (Å²) in [7, 11) is 0. The van der Waals surface area contributed by atoms with Crippen LogP contribution in [0.25, 0.3) is 11.3 Å². The molecule has 0 bridgehead atoms. The second kappa shape index (κ2) is 11.3. The lowest BCUT2D eigenvalue weighted by Crippen LogP contribution is -2.33. The number of aromatic nitrogens is 2. The molecule has 0 aliphatic rings. The molecule has 0 saturated heterocycles. The summed E-state index contributed by atoms with van der Waals surface area (Å²) in [4.78, 5) is 30.8. The maximum absolute atomic E-state index is 12.7. The number of nitro benzene ring substituents is 1. The number of imidazole rings is 1. The van der Waals surface area contributed by atoms with E-state index in [1.807, 2.05) is 72.9 Å². The van der Waals surface area contributed by atoms with Crippen molar-refractivity contribution in [2.24, 2.45) is 0 Å². The minimum atomic E-state index is -0.489. The van der Waals surface area contributed by atoms with E-state index in [1.165, 1.54) is 24.3 Å². The molecule has 2 amide bonds. The van der Waals surface area contributed by atoms with Crippen LogP contribution in [-0.2, 0) is 0 Å². The number of para-hydroxylation sites is 1. The van der Waals surface area contributed by atoms with Crippen molar-refractivity contribution in [2.75, 3.05) is 10.6 Å². The van der Waals surface area contributed by atoms with Gasteiger partial charge in [-0.25, -0.2) is 9.78 Å². The molecule has 0 saturated carbocycles. The van der Waals surface area contributed by atoms with Gasteiger partial charge < -0.3 is 20.9 Å². The zero-order valence-electron chi connectivity index (χ0n) is 18.7. The molecule has 1 atom stereocenters. The highest BCUT2D eigenvalue weighted by Crippen LogP contribution is 2.22. The number of benzene rings is 3. The number of non-ortho nitro benzene ring substituents is 1. The van der Waals surface area contributed by atoms with Crippen LogP contribution in [0, 0.1) is 10.1 Å². The number of nitrogens with zero attached hydrogens (tertiary/aromatic N) is 2. The standard InChI is InChI=1S/C26H24N6O3/c33-26(29-21-13-15-22(16-14-21)32(34)35)31-23(12-7-17-27-20-10-5-2-6-11-20)25-28-18-24(30-25)19-8-3-1-4-9-19/h1-11,13-18,23,27H,12H2,(H,28,30)(H2,29,31,33)/b17-7+. The maximum Gasteiger partial charge on any atom is 0.319 e. The van der Waals surface area contributed by atoms with Crippen LogP contribution in [0.4, 0.5) is 21.9 Å². The third-order valence-electron chi connectivity index (χ3n) is 5.17.